The third-order valence-corrected chi connectivity index (χ3v) is 7.27. The highest BCUT2D eigenvalue weighted by molar-refractivity contribution is 7.80. The summed E-state index contributed by atoms with van der Waals surface area (Å²) in [6.07, 6.45) is 1.81. The Hall–Kier alpha value is -3.40. The minimum Gasteiger partial charge on any atom is -0.755 e. The fourth-order valence-corrected chi connectivity index (χ4v) is 5.07. The van der Waals surface area contributed by atoms with Gasteiger partial charge in [-0.15, -0.1) is 0 Å². The molecule has 186 valence electrons. The Morgan fingerprint density at radius 3 is 2.56 bits per heavy atom. The second kappa shape index (κ2) is 9.57. The molecule has 1 aromatic heterocycles. The lowest BCUT2D eigenvalue weighted by atomic mass is 10.00. The number of nitrogen functional groups attached to an aromatic ring is 1. The number of hydrogen-bond acceptors (Lipinski definition) is 5. The molecule has 0 radical (unpaired) electrons. The van der Waals surface area contributed by atoms with Gasteiger partial charge in [0.15, 0.2) is 0 Å². The number of rotatable bonds is 7. The molecule has 1 amide bonds. The molecule has 36 heavy (non-hydrogen) atoms. The van der Waals surface area contributed by atoms with Crippen molar-refractivity contribution in [3.63, 3.8) is 0 Å². The molecular formula is C26H22ClFN3O4S-. The van der Waals surface area contributed by atoms with Crippen molar-refractivity contribution in [1.29, 1.82) is 0 Å². The number of fused-ring (bicyclic) bond motifs is 1. The first-order valence-corrected chi connectivity index (χ1v) is 12.7. The fourth-order valence-electron chi connectivity index (χ4n) is 4.29. The van der Waals surface area contributed by atoms with E-state index in [0.717, 1.165) is 18.4 Å². The zero-order valence-corrected chi connectivity index (χ0v) is 20.8. The third-order valence-electron chi connectivity index (χ3n) is 6.25. The Balaban J connectivity index is 1.68. The maximum Gasteiger partial charge on any atom is 0.255 e. The molecule has 1 saturated carbocycles. The van der Waals surface area contributed by atoms with Crippen LogP contribution in [0.15, 0.2) is 59.0 Å². The molecule has 4 aromatic rings. The molecule has 1 atom stereocenters. The van der Waals surface area contributed by atoms with Crippen molar-refractivity contribution in [1.82, 2.24) is 5.32 Å². The molecule has 1 fully saturated rings. The van der Waals surface area contributed by atoms with E-state index in [4.69, 9.17) is 21.8 Å². The highest BCUT2D eigenvalue weighted by Crippen LogP contribution is 2.48. The van der Waals surface area contributed by atoms with Gasteiger partial charge in [-0.25, -0.2) is 4.39 Å². The summed E-state index contributed by atoms with van der Waals surface area (Å²) in [6, 6.07) is 14.1. The average Bonchev–Trinajstić information content (AvgIpc) is 3.64. The minimum absolute atomic E-state index is 0.0369. The molecule has 10 heteroatoms. The quantitative estimate of drug-likeness (QED) is 0.243. The van der Waals surface area contributed by atoms with Gasteiger partial charge in [-0.1, -0.05) is 17.7 Å². The maximum absolute atomic E-state index is 13.5. The summed E-state index contributed by atoms with van der Waals surface area (Å²) in [5.41, 5.74) is 9.33. The molecule has 1 aliphatic carbocycles. The zero-order chi connectivity index (χ0) is 25.6. The molecule has 1 unspecified atom stereocenters. The van der Waals surface area contributed by atoms with Crippen LogP contribution in [0.3, 0.4) is 0 Å². The van der Waals surface area contributed by atoms with E-state index < -0.39 is 17.1 Å². The van der Waals surface area contributed by atoms with Crippen LogP contribution in [0.5, 0.6) is 0 Å². The molecule has 0 saturated heterocycles. The zero-order valence-electron chi connectivity index (χ0n) is 19.2. The van der Waals surface area contributed by atoms with Crippen molar-refractivity contribution in [3.05, 3.63) is 82.1 Å². The molecule has 1 heterocycles. The summed E-state index contributed by atoms with van der Waals surface area (Å²) in [6.45, 7) is 0.0369. The number of nitrogens with zero attached hydrogens (tertiary/aromatic N) is 1. The number of nitrogens with two attached hydrogens (primary N) is 1. The molecule has 0 aliphatic heterocycles. The van der Waals surface area contributed by atoms with Crippen LogP contribution in [0.25, 0.3) is 22.3 Å². The van der Waals surface area contributed by atoms with Gasteiger partial charge in [0.25, 0.3) is 5.91 Å². The fraction of sp³-hybridized carbons (Fsp3) is 0.192. The van der Waals surface area contributed by atoms with Crippen LogP contribution in [-0.2, 0) is 17.8 Å². The Labute approximate surface area is 214 Å². The first-order valence-electron chi connectivity index (χ1n) is 11.3. The number of carbonyl (C=O) groups is 1. The maximum atomic E-state index is 13.5. The van der Waals surface area contributed by atoms with Gasteiger partial charge < -0.3 is 20.0 Å². The summed E-state index contributed by atoms with van der Waals surface area (Å²) in [5, 5.41) is 3.54. The van der Waals surface area contributed by atoms with Gasteiger partial charge >= 0.3 is 0 Å². The number of amides is 1. The minimum atomic E-state index is -2.61. The molecule has 7 nitrogen and oxygen atoms in total. The lowest BCUT2D eigenvalue weighted by Gasteiger charge is -2.29. The molecule has 0 spiro atoms. The smallest absolute Gasteiger partial charge is 0.255 e. The number of furan rings is 1. The Morgan fingerprint density at radius 2 is 1.94 bits per heavy atom. The van der Waals surface area contributed by atoms with Crippen molar-refractivity contribution in [2.45, 2.75) is 25.3 Å². The summed E-state index contributed by atoms with van der Waals surface area (Å²) in [4.78, 5) is 12.9. The Morgan fingerprint density at radius 1 is 1.22 bits per heavy atom. The van der Waals surface area contributed by atoms with Crippen molar-refractivity contribution in [2.24, 2.45) is 0 Å². The highest BCUT2D eigenvalue weighted by Gasteiger charge is 2.31. The van der Waals surface area contributed by atoms with Crippen molar-refractivity contribution in [2.75, 3.05) is 17.1 Å². The summed E-state index contributed by atoms with van der Waals surface area (Å²) in [5.74, 6) is -0.329. The number of hydrogen-bond donors (Lipinski definition) is 2. The average molecular weight is 527 g/mol. The number of carbonyl (C=O) groups excluding carboxylic acids is 1. The van der Waals surface area contributed by atoms with E-state index in [1.54, 1.807) is 24.3 Å². The van der Waals surface area contributed by atoms with Gasteiger partial charge in [0, 0.05) is 35.3 Å². The van der Waals surface area contributed by atoms with Crippen molar-refractivity contribution < 1.29 is 22.4 Å². The SMILES string of the molecule is CNC(=O)c1c(-c2ccc(F)cc2)oc2cc(N(Cc3ccc(N)c(Cl)c3)S(=O)[O-])c(C3CC3)cc12. The van der Waals surface area contributed by atoms with Gasteiger partial charge in [0.2, 0.25) is 0 Å². The van der Waals surface area contributed by atoms with E-state index in [1.165, 1.54) is 35.6 Å². The van der Waals surface area contributed by atoms with Crippen LogP contribution < -0.4 is 15.4 Å². The second-order valence-corrected chi connectivity index (χ2v) is 9.97. The summed E-state index contributed by atoms with van der Waals surface area (Å²) >= 11 is 3.54. The largest absolute Gasteiger partial charge is 0.755 e. The van der Waals surface area contributed by atoms with Crippen molar-refractivity contribution >= 4 is 51.1 Å². The second-order valence-electron chi connectivity index (χ2n) is 8.68. The molecular weight excluding hydrogens is 505 g/mol. The van der Waals surface area contributed by atoms with E-state index in [9.17, 15) is 17.9 Å². The number of benzene rings is 3. The van der Waals surface area contributed by atoms with Gasteiger partial charge in [0.05, 0.1) is 28.5 Å². The van der Waals surface area contributed by atoms with Crippen LogP contribution in [0.4, 0.5) is 15.8 Å². The number of nitrogens with one attached hydrogen (secondary N) is 1. The van der Waals surface area contributed by atoms with Crippen LogP contribution in [0.2, 0.25) is 5.02 Å². The molecule has 0 bridgehead atoms. The predicted molar refractivity (Wildman–Crippen MR) is 138 cm³/mol. The summed E-state index contributed by atoms with van der Waals surface area (Å²) in [7, 11) is 1.52. The monoisotopic (exact) mass is 526 g/mol. The molecule has 5 rings (SSSR count). The van der Waals surface area contributed by atoms with Gasteiger partial charge in [0.1, 0.15) is 17.2 Å². The van der Waals surface area contributed by atoms with E-state index >= 15 is 0 Å². The van der Waals surface area contributed by atoms with E-state index in [-0.39, 0.29) is 24.1 Å². The van der Waals surface area contributed by atoms with Gasteiger partial charge in [-0.3, -0.25) is 13.3 Å². The van der Waals surface area contributed by atoms with E-state index in [1.807, 2.05) is 6.07 Å². The lowest BCUT2D eigenvalue weighted by molar-refractivity contribution is 0.0964. The predicted octanol–water partition coefficient (Wildman–Crippen LogP) is 5.51. The molecule has 3 aromatic carbocycles. The first kappa shape index (κ1) is 24.3. The van der Waals surface area contributed by atoms with Gasteiger partial charge in [-0.2, -0.15) is 0 Å². The van der Waals surface area contributed by atoms with Crippen molar-refractivity contribution in [3.8, 4) is 11.3 Å². The van der Waals surface area contributed by atoms with E-state index in [0.29, 0.717) is 44.1 Å². The topological polar surface area (TPSA) is 112 Å². The molecule has 3 N–H and O–H groups in total. The molecule has 1 aliphatic rings. The third kappa shape index (κ3) is 4.57. The first-order chi connectivity index (χ1) is 17.3. The van der Waals surface area contributed by atoms with Crippen LogP contribution in [0.1, 0.15) is 40.2 Å². The Bertz CT molecular complexity index is 1500. The van der Waals surface area contributed by atoms with Crippen LogP contribution in [0, 0.1) is 5.82 Å². The van der Waals surface area contributed by atoms with E-state index in [2.05, 4.69) is 5.32 Å². The lowest BCUT2D eigenvalue weighted by Crippen LogP contribution is -2.26. The van der Waals surface area contributed by atoms with Crippen LogP contribution >= 0.6 is 11.6 Å². The van der Waals surface area contributed by atoms with Crippen LogP contribution in [-0.4, -0.2) is 21.7 Å². The highest BCUT2D eigenvalue weighted by atomic mass is 35.5. The number of anilines is 2. The summed E-state index contributed by atoms with van der Waals surface area (Å²) < 4.78 is 45.7. The van der Waals surface area contributed by atoms with Gasteiger partial charge in [-0.05, 0) is 72.4 Å². The normalized spacial score (nSPS) is 14.1. The number of halogens is 2. The standard InChI is InChI=1S/C26H23ClFN3O4S/c1-30-26(32)24-19-11-18(15-3-4-15)22(12-23(19)35-25(24)16-5-7-17(28)8-6-16)31(36(33)34)13-14-2-9-21(29)20(27)10-14/h2,5-12,15H,3-4,13,29H2,1H3,(H,30,32)(H,33,34)/p-1. The Kier molecular flexibility index (Phi) is 6.46.